The second kappa shape index (κ2) is 7.47. The number of rotatable bonds is 7. The van der Waals surface area contributed by atoms with Gasteiger partial charge in [0.1, 0.15) is 0 Å². The van der Waals surface area contributed by atoms with E-state index in [1.54, 1.807) is 6.20 Å². The molecule has 0 amide bonds. The van der Waals surface area contributed by atoms with Gasteiger partial charge in [-0.3, -0.25) is 0 Å². The first kappa shape index (κ1) is 13.3. The number of aromatic nitrogens is 1. The van der Waals surface area contributed by atoms with E-state index in [0.29, 0.717) is 17.5 Å². The van der Waals surface area contributed by atoms with Crippen LogP contribution in [0.4, 0.5) is 0 Å². The summed E-state index contributed by atoms with van der Waals surface area (Å²) < 4.78 is 5.52. The van der Waals surface area contributed by atoms with Gasteiger partial charge in [0.05, 0.1) is 11.6 Å². The van der Waals surface area contributed by atoms with Crippen LogP contribution in [0, 0.1) is 0 Å². The number of hydrogen-bond donors (Lipinski definition) is 1. The van der Waals surface area contributed by atoms with Crippen LogP contribution in [-0.4, -0.2) is 18.1 Å². The maximum absolute atomic E-state index is 6.04. The molecule has 0 spiro atoms. The maximum Gasteiger partial charge on any atom is 0.213 e. The van der Waals surface area contributed by atoms with E-state index in [-0.39, 0.29) is 0 Å². The van der Waals surface area contributed by atoms with Crippen LogP contribution in [0.25, 0.3) is 0 Å². The summed E-state index contributed by atoms with van der Waals surface area (Å²) in [4.78, 5) is 4.14. The highest BCUT2D eigenvalue weighted by Gasteiger charge is 2.03. The van der Waals surface area contributed by atoms with Crippen molar-refractivity contribution in [2.45, 2.75) is 33.2 Å². The van der Waals surface area contributed by atoms with E-state index in [1.165, 1.54) is 0 Å². The van der Waals surface area contributed by atoms with Gasteiger partial charge in [-0.25, -0.2) is 4.98 Å². The van der Waals surface area contributed by atoms with Crippen LogP contribution in [0.15, 0.2) is 12.3 Å². The third-order valence-corrected chi connectivity index (χ3v) is 2.56. The molecule has 0 aromatic carbocycles. The standard InChI is InChI=1S/C12H19ClN2O/c1-3-5-6-16-12-7-10(8-14-4-2)11(13)9-15-12/h7,9,14H,3-6,8H2,1-2H3. The number of ether oxygens (including phenoxy) is 1. The van der Waals surface area contributed by atoms with E-state index in [2.05, 4.69) is 24.1 Å². The van der Waals surface area contributed by atoms with Crippen LogP contribution in [-0.2, 0) is 6.54 Å². The fraction of sp³-hybridized carbons (Fsp3) is 0.583. The Morgan fingerprint density at radius 2 is 2.25 bits per heavy atom. The number of pyridine rings is 1. The highest BCUT2D eigenvalue weighted by atomic mass is 35.5. The van der Waals surface area contributed by atoms with Gasteiger partial charge >= 0.3 is 0 Å². The predicted octanol–water partition coefficient (Wildman–Crippen LogP) is 3.02. The van der Waals surface area contributed by atoms with E-state index in [1.807, 2.05) is 6.07 Å². The number of nitrogens with zero attached hydrogens (tertiary/aromatic N) is 1. The van der Waals surface area contributed by atoms with Gasteiger partial charge in [-0.15, -0.1) is 0 Å². The van der Waals surface area contributed by atoms with E-state index >= 15 is 0 Å². The van der Waals surface area contributed by atoms with Crippen molar-refractivity contribution < 1.29 is 4.74 Å². The Morgan fingerprint density at radius 3 is 2.94 bits per heavy atom. The van der Waals surface area contributed by atoms with Crippen molar-refractivity contribution in [2.75, 3.05) is 13.2 Å². The van der Waals surface area contributed by atoms with E-state index in [0.717, 1.165) is 31.5 Å². The molecule has 0 bridgehead atoms. The predicted molar refractivity (Wildman–Crippen MR) is 67.0 cm³/mol. The minimum atomic E-state index is 0.658. The van der Waals surface area contributed by atoms with Gasteiger partial charge in [0.15, 0.2) is 0 Å². The molecule has 0 radical (unpaired) electrons. The zero-order valence-corrected chi connectivity index (χ0v) is 10.7. The number of unbranched alkanes of at least 4 members (excludes halogenated alkanes) is 1. The molecule has 90 valence electrons. The van der Waals surface area contributed by atoms with E-state index in [9.17, 15) is 0 Å². The van der Waals surface area contributed by atoms with Crippen molar-refractivity contribution in [2.24, 2.45) is 0 Å². The molecule has 0 atom stereocenters. The van der Waals surface area contributed by atoms with Crippen molar-refractivity contribution in [3.8, 4) is 5.88 Å². The van der Waals surface area contributed by atoms with Crippen LogP contribution in [0.5, 0.6) is 5.88 Å². The molecule has 0 saturated carbocycles. The van der Waals surface area contributed by atoms with Crippen LogP contribution in [0.1, 0.15) is 32.3 Å². The smallest absolute Gasteiger partial charge is 0.213 e. The molecule has 0 aliphatic carbocycles. The Kier molecular flexibility index (Phi) is 6.19. The molecule has 0 unspecified atom stereocenters. The highest BCUT2D eigenvalue weighted by Crippen LogP contribution is 2.19. The van der Waals surface area contributed by atoms with Crippen molar-refractivity contribution in [1.29, 1.82) is 0 Å². The van der Waals surface area contributed by atoms with Crippen molar-refractivity contribution in [1.82, 2.24) is 10.3 Å². The molecular formula is C12H19ClN2O. The zero-order valence-electron chi connectivity index (χ0n) is 9.92. The molecule has 0 aliphatic rings. The molecule has 0 aliphatic heterocycles. The lowest BCUT2D eigenvalue weighted by molar-refractivity contribution is 0.297. The molecule has 0 fully saturated rings. The quantitative estimate of drug-likeness (QED) is 0.747. The number of hydrogen-bond acceptors (Lipinski definition) is 3. The van der Waals surface area contributed by atoms with Gasteiger partial charge in [0.2, 0.25) is 5.88 Å². The Balaban J connectivity index is 2.58. The normalized spacial score (nSPS) is 10.4. The minimum Gasteiger partial charge on any atom is -0.478 e. The fourth-order valence-electron chi connectivity index (χ4n) is 1.25. The Bertz CT molecular complexity index is 318. The second-order valence-corrected chi connectivity index (χ2v) is 4.00. The second-order valence-electron chi connectivity index (χ2n) is 3.60. The number of halogens is 1. The molecular weight excluding hydrogens is 224 g/mol. The van der Waals surface area contributed by atoms with Gasteiger partial charge in [0, 0.05) is 18.8 Å². The molecule has 4 heteroatoms. The molecule has 16 heavy (non-hydrogen) atoms. The molecule has 1 aromatic heterocycles. The van der Waals surface area contributed by atoms with Crippen LogP contribution in [0.3, 0.4) is 0 Å². The van der Waals surface area contributed by atoms with Gasteiger partial charge in [-0.05, 0) is 18.5 Å². The Labute approximate surface area is 102 Å². The minimum absolute atomic E-state index is 0.658. The summed E-state index contributed by atoms with van der Waals surface area (Å²) in [6.45, 7) is 6.58. The molecule has 1 heterocycles. The first-order valence-corrected chi connectivity index (χ1v) is 6.13. The van der Waals surface area contributed by atoms with Crippen molar-refractivity contribution in [3.63, 3.8) is 0 Å². The summed E-state index contributed by atoms with van der Waals surface area (Å²) in [6.07, 6.45) is 3.82. The van der Waals surface area contributed by atoms with Gasteiger partial charge in [-0.1, -0.05) is 31.9 Å². The van der Waals surface area contributed by atoms with Gasteiger partial charge < -0.3 is 10.1 Å². The Morgan fingerprint density at radius 1 is 1.44 bits per heavy atom. The summed E-state index contributed by atoms with van der Waals surface area (Å²) in [7, 11) is 0. The first-order valence-electron chi connectivity index (χ1n) is 5.75. The maximum atomic E-state index is 6.04. The molecule has 1 rings (SSSR count). The monoisotopic (exact) mass is 242 g/mol. The number of nitrogens with one attached hydrogen (secondary N) is 1. The largest absolute Gasteiger partial charge is 0.478 e. The summed E-state index contributed by atoms with van der Waals surface area (Å²) in [6, 6.07) is 1.90. The first-order chi connectivity index (χ1) is 7.77. The highest BCUT2D eigenvalue weighted by molar-refractivity contribution is 6.31. The lowest BCUT2D eigenvalue weighted by Gasteiger charge is -2.08. The third-order valence-electron chi connectivity index (χ3n) is 2.22. The lowest BCUT2D eigenvalue weighted by Crippen LogP contribution is -2.12. The zero-order chi connectivity index (χ0) is 11.8. The molecule has 1 aromatic rings. The van der Waals surface area contributed by atoms with Gasteiger partial charge in [-0.2, -0.15) is 0 Å². The summed E-state index contributed by atoms with van der Waals surface area (Å²) in [5.74, 6) is 0.658. The van der Waals surface area contributed by atoms with Crippen LogP contribution in [0.2, 0.25) is 5.02 Å². The molecule has 0 saturated heterocycles. The van der Waals surface area contributed by atoms with E-state index in [4.69, 9.17) is 16.3 Å². The fourth-order valence-corrected chi connectivity index (χ4v) is 1.42. The van der Waals surface area contributed by atoms with Crippen molar-refractivity contribution >= 4 is 11.6 Å². The molecule has 1 N–H and O–H groups in total. The summed E-state index contributed by atoms with van der Waals surface area (Å²) in [5.41, 5.74) is 1.03. The summed E-state index contributed by atoms with van der Waals surface area (Å²) in [5, 5.41) is 3.92. The van der Waals surface area contributed by atoms with E-state index < -0.39 is 0 Å². The average Bonchev–Trinajstić information content (AvgIpc) is 2.30. The molecule has 3 nitrogen and oxygen atoms in total. The van der Waals surface area contributed by atoms with Crippen LogP contribution >= 0.6 is 11.6 Å². The topological polar surface area (TPSA) is 34.1 Å². The summed E-state index contributed by atoms with van der Waals surface area (Å²) >= 11 is 6.04. The average molecular weight is 243 g/mol. The Hall–Kier alpha value is -0.800. The SMILES string of the molecule is CCCCOc1cc(CNCC)c(Cl)cn1. The lowest BCUT2D eigenvalue weighted by atomic mass is 10.2. The third kappa shape index (κ3) is 4.37. The van der Waals surface area contributed by atoms with Crippen molar-refractivity contribution in [3.05, 3.63) is 22.8 Å². The van der Waals surface area contributed by atoms with Crippen LogP contribution < -0.4 is 10.1 Å². The van der Waals surface area contributed by atoms with Gasteiger partial charge in [0.25, 0.3) is 0 Å².